The Morgan fingerprint density at radius 3 is 2.14 bits per heavy atom. The maximum Gasteiger partial charge on any atom is 0.282 e. The summed E-state index contributed by atoms with van der Waals surface area (Å²) in [5.41, 5.74) is 0.478. The highest BCUT2D eigenvalue weighted by Crippen LogP contribution is 2.22. The standard InChI is InChI=1S/C15H8F2N2O2/c16-10-6-5-9(13(17)7-10)8-18-19-14(20)11-3-1-2-4-12(11)15(19)21/h1-8H/b18-8-. The minimum Gasteiger partial charge on any atom is -0.267 e. The molecular formula is C15H8F2N2O2. The Labute approximate surface area is 118 Å². The Kier molecular flexibility index (Phi) is 3.06. The lowest BCUT2D eigenvalue weighted by atomic mass is 10.1. The lowest BCUT2D eigenvalue weighted by Gasteiger charge is -2.05. The van der Waals surface area contributed by atoms with Gasteiger partial charge in [0.1, 0.15) is 11.6 Å². The van der Waals surface area contributed by atoms with E-state index >= 15 is 0 Å². The van der Waals surface area contributed by atoms with Crippen LogP contribution in [-0.4, -0.2) is 23.0 Å². The summed E-state index contributed by atoms with van der Waals surface area (Å²) in [6.45, 7) is 0. The van der Waals surface area contributed by atoms with Gasteiger partial charge in [0.2, 0.25) is 0 Å². The van der Waals surface area contributed by atoms with Gasteiger partial charge in [-0.3, -0.25) is 9.59 Å². The molecule has 1 aliphatic rings. The molecule has 6 heteroatoms. The molecule has 0 fully saturated rings. The monoisotopic (exact) mass is 286 g/mol. The molecule has 2 aromatic carbocycles. The topological polar surface area (TPSA) is 49.7 Å². The van der Waals surface area contributed by atoms with Crippen LogP contribution in [0, 0.1) is 11.6 Å². The fourth-order valence-corrected chi connectivity index (χ4v) is 2.01. The van der Waals surface area contributed by atoms with E-state index in [9.17, 15) is 18.4 Å². The highest BCUT2D eigenvalue weighted by molar-refractivity contribution is 6.21. The molecule has 0 N–H and O–H groups in total. The molecule has 0 aromatic heterocycles. The number of carbonyl (C=O) groups excluding carboxylic acids is 2. The molecule has 0 saturated carbocycles. The van der Waals surface area contributed by atoms with Crippen LogP contribution in [0.1, 0.15) is 26.3 Å². The Hall–Kier alpha value is -2.89. The summed E-state index contributed by atoms with van der Waals surface area (Å²) in [6, 6.07) is 9.24. The zero-order chi connectivity index (χ0) is 15.0. The number of carbonyl (C=O) groups is 2. The van der Waals surface area contributed by atoms with Crippen molar-refractivity contribution in [2.75, 3.05) is 0 Å². The zero-order valence-electron chi connectivity index (χ0n) is 10.6. The van der Waals surface area contributed by atoms with Crippen LogP contribution in [0.4, 0.5) is 8.78 Å². The summed E-state index contributed by atoms with van der Waals surface area (Å²) in [5.74, 6) is -2.69. The Morgan fingerprint density at radius 1 is 0.952 bits per heavy atom. The second-order valence-electron chi connectivity index (χ2n) is 4.38. The molecule has 0 bridgehead atoms. The van der Waals surface area contributed by atoms with E-state index in [0.717, 1.165) is 12.3 Å². The summed E-state index contributed by atoms with van der Waals surface area (Å²) in [7, 11) is 0. The molecule has 0 unspecified atom stereocenters. The van der Waals surface area contributed by atoms with Gasteiger partial charge in [-0.05, 0) is 24.3 Å². The molecule has 2 amide bonds. The quantitative estimate of drug-likeness (QED) is 0.629. The fourth-order valence-electron chi connectivity index (χ4n) is 2.01. The molecule has 104 valence electrons. The van der Waals surface area contributed by atoms with Crippen molar-refractivity contribution in [3.63, 3.8) is 0 Å². The van der Waals surface area contributed by atoms with Crippen molar-refractivity contribution in [3.05, 3.63) is 70.8 Å². The van der Waals surface area contributed by atoms with Gasteiger partial charge >= 0.3 is 0 Å². The van der Waals surface area contributed by atoms with Gasteiger partial charge in [0.15, 0.2) is 0 Å². The van der Waals surface area contributed by atoms with Crippen molar-refractivity contribution in [1.82, 2.24) is 5.01 Å². The van der Waals surface area contributed by atoms with Gasteiger partial charge in [-0.15, -0.1) is 0 Å². The maximum absolute atomic E-state index is 13.5. The van der Waals surface area contributed by atoms with Crippen LogP contribution in [-0.2, 0) is 0 Å². The van der Waals surface area contributed by atoms with Crippen LogP contribution in [0.15, 0.2) is 47.6 Å². The van der Waals surface area contributed by atoms with Crippen LogP contribution in [0.25, 0.3) is 0 Å². The molecule has 0 atom stereocenters. The highest BCUT2D eigenvalue weighted by Gasteiger charge is 2.35. The number of fused-ring (bicyclic) bond motifs is 1. The average Bonchev–Trinajstić information content (AvgIpc) is 2.71. The third-order valence-electron chi connectivity index (χ3n) is 3.05. The van der Waals surface area contributed by atoms with Crippen molar-refractivity contribution in [3.8, 4) is 0 Å². The molecule has 0 radical (unpaired) electrons. The molecular weight excluding hydrogens is 278 g/mol. The molecule has 1 heterocycles. The average molecular weight is 286 g/mol. The van der Waals surface area contributed by atoms with E-state index in [-0.39, 0.29) is 16.7 Å². The van der Waals surface area contributed by atoms with Gasteiger partial charge in [0.25, 0.3) is 11.8 Å². The molecule has 0 spiro atoms. The second-order valence-corrected chi connectivity index (χ2v) is 4.38. The Balaban J connectivity index is 1.91. The first-order chi connectivity index (χ1) is 10.1. The third kappa shape index (κ3) is 2.20. The Bertz CT molecular complexity index is 752. The first-order valence-corrected chi connectivity index (χ1v) is 6.05. The smallest absolute Gasteiger partial charge is 0.267 e. The summed E-state index contributed by atoms with van der Waals surface area (Å²) in [4.78, 5) is 24.0. The number of hydrogen-bond acceptors (Lipinski definition) is 3. The van der Waals surface area contributed by atoms with E-state index in [1.54, 1.807) is 12.1 Å². The summed E-state index contributed by atoms with van der Waals surface area (Å²) >= 11 is 0. The van der Waals surface area contributed by atoms with E-state index in [1.165, 1.54) is 18.2 Å². The predicted octanol–water partition coefficient (Wildman–Crippen LogP) is 2.59. The molecule has 21 heavy (non-hydrogen) atoms. The van der Waals surface area contributed by atoms with Crippen LogP contribution in [0.5, 0.6) is 0 Å². The third-order valence-corrected chi connectivity index (χ3v) is 3.05. The summed E-state index contributed by atoms with van der Waals surface area (Å²) < 4.78 is 26.3. The van der Waals surface area contributed by atoms with Crippen LogP contribution in [0.3, 0.4) is 0 Å². The van der Waals surface area contributed by atoms with E-state index in [0.29, 0.717) is 11.1 Å². The number of imide groups is 1. The number of hydrazone groups is 1. The van der Waals surface area contributed by atoms with Crippen molar-refractivity contribution in [1.29, 1.82) is 0 Å². The lowest BCUT2D eigenvalue weighted by Crippen LogP contribution is -2.24. The molecule has 3 rings (SSSR count). The Morgan fingerprint density at radius 2 is 1.57 bits per heavy atom. The van der Waals surface area contributed by atoms with E-state index in [4.69, 9.17) is 0 Å². The molecule has 0 aliphatic carbocycles. The van der Waals surface area contributed by atoms with E-state index < -0.39 is 23.4 Å². The van der Waals surface area contributed by atoms with Crippen molar-refractivity contribution < 1.29 is 18.4 Å². The molecule has 2 aromatic rings. The van der Waals surface area contributed by atoms with Crippen molar-refractivity contribution >= 4 is 18.0 Å². The number of halogens is 2. The zero-order valence-corrected chi connectivity index (χ0v) is 10.6. The number of hydrogen-bond donors (Lipinski definition) is 0. The van der Waals surface area contributed by atoms with Gasteiger partial charge in [0.05, 0.1) is 17.3 Å². The van der Waals surface area contributed by atoms with Crippen molar-refractivity contribution in [2.24, 2.45) is 5.10 Å². The second kappa shape index (κ2) is 4.90. The SMILES string of the molecule is O=C1c2ccccc2C(=O)N1/N=C\c1ccc(F)cc1F. The summed E-state index contributed by atoms with van der Waals surface area (Å²) in [6.07, 6.45) is 1.01. The summed E-state index contributed by atoms with van der Waals surface area (Å²) in [5, 5.41) is 4.37. The molecule has 0 saturated heterocycles. The van der Waals surface area contributed by atoms with E-state index in [2.05, 4.69) is 5.10 Å². The minimum absolute atomic E-state index is 0.0204. The van der Waals surface area contributed by atoms with Crippen molar-refractivity contribution in [2.45, 2.75) is 0 Å². The van der Waals surface area contributed by atoms with Gasteiger partial charge < -0.3 is 0 Å². The minimum atomic E-state index is -0.824. The number of nitrogens with zero attached hydrogens (tertiary/aromatic N) is 2. The fraction of sp³-hybridized carbons (Fsp3) is 0. The van der Waals surface area contributed by atoms with Gasteiger partial charge in [-0.2, -0.15) is 10.1 Å². The largest absolute Gasteiger partial charge is 0.282 e. The first kappa shape index (κ1) is 13.1. The van der Waals surface area contributed by atoms with E-state index in [1.807, 2.05) is 0 Å². The molecule has 4 nitrogen and oxygen atoms in total. The van der Waals surface area contributed by atoms with Crippen LogP contribution >= 0.6 is 0 Å². The van der Waals surface area contributed by atoms with Gasteiger partial charge in [-0.25, -0.2) is 8.78 Å². The number of amides is 2. The molecule has 1 aliphatic heterocycles. The van der Waals surface area contributed by atoms with Gasteiger partial charge in [0, 0.05) is 11.6 Å². The normalized spacial score (nSPS) is 14.1. The van der Waals surface area contributed by atoms with Crippen LogP contribution < -0.4 is 0 Å². The lowest BCUT2D eigenvalue weighted by molar-refractivity contribution is 0.0660. The predicted molar refractivity (Wildman–Crippen MR) is 70.9 cm³/mol. The highest BCUT2D eigenvalue weighted by atomic mass is 19.1. The number of benzene rings is 2. The van der Waals surface area contributed by atoms with Gasteiger partial charge in [-0.1, -0.05) is 12.1 Å². The van der Waals surface area contributed by atoms with Crippen LogP contribution in [0.2, 0.25) is 0 Å². The maximum atomic E-state index is 13.5. The first-order valence-electron chi connectivity index (χ1n) is 6.05. The number of rotatable bonds is 2.